The summed E-state index contributed by atoms with van der Waals surface area (Å²) < 4.78 is 1.76. The highest BCUT2D eigenvalue weighted by Gasteiger charge is 2.25. The second kappa shape index (κ2) is 4.39. The van der Waals surface area contributed by atoms with Gasteiger partial charge in [-0.05, 0) is 25.7 Å². The summed E-state index contributed by atoms with van der Waals surface area (Å²) in [4.78, 5) is 10.6. The number of halogens is 1. The average molecular weight is 266 g/mol. The Balaban J connectivity index is 2.05. The minimum absolute atomic E-state index is 0.469. The molecule has 1 aliphatic heterocycles. The van der Waals surface area contributed by atoms with E-state index in [1.54, 1.807) is 4.52 Å². The Bertz CT molecular complexity index is 567. The lowest BCUT2D eigenvalue weighted by Gasteiger charge is -2.37. The molecule has 0 bridgehead atoms. The normalized spacial score (nSPS) is 24.7. The van der Waals surface area contributed by atoms with Gasteiger partial charge in [-0.25, -0.2) is 0 Å². The van der Waals surface area contributed by atoms with E-state index in [-0.39, 0.29) is 0 Å². The first-order valence-electron chi connectivity index (χ1n) is 6.28. The molecule has 1 saturated heterocycles. The molecule has 18 heavy (non-hydrogen) atoms. The zero-order chi connectivity index (χ0) is 12.7. The Labute approximate surface area is 111 Å². The van der Waals surface area contributed by atoms with E-state index in [0.717, 1.165) is 18.3 Å². The van der Waals surface area contributed by atoms with Gasteiger partial charge in [-0.1, -0.05) is 18.5 Å². The van der Waals surface area contributed by atoms with Crippen molar-refractivity contribution in [3.8, 4) is 0 Å². The van der Waals surface area contributed by atoms with Gasteiger partial charge in [0, 0.05) is 18.7 Å². The van der Waals surface area contributed by atoms with Crippen molar-refractivity contribution in [3.05, 3.63) is 17.5 Å². The van der Waals surface area contributed by atoms with Crippen molar-refractivity contribution in [2.75, 3.05) is 11.4 Å². The molecule has 5 nitrogen and oxygen atoms in total. The minimum atomic E-state index is 0.469. The molecule has 2 aromatic heterocycles. The van der Waals surface area contributed by atoms with E-state index in [1.807, 2.05) is 6.07 Å². The monoisotopic (exact) mass is 265 g/mol. The third kappa shape index (κ3) is 1.92. The van der Waals surface area contributed by atoms with Crippen molar-refractivity contribution in [3.63, 3.8) is 0 Å². The largest absolute Gasteiger partial charge is 0.354 e. The second-order valence-corrected chi connectivity index (χ2v) is 5.47. The first-order chi connectivity index (χ1) is 8.65. The molecule has 3 rings (SSSR count). The van der Waals surface area contributed by atoms with Gasteiger partial charge in [-0.15, -0.1) is 0 Å². The van der Waals surface area contributed by atoms with E-state index < -0.39 is 0 Å². The van der Waals surface area contributed by atoms with Gasteiger partial charge >= 0.3 is 0 Å². The number of piperidine rings is 1. The number of rotatable bonds is 1. The Morgan fingerprint density at radius 1 is 1.39 bits per heavy atom. The van der Waals surface area contributed by atoms with Crippen LogP contribution in [0.25, 0.3) is 5.78 Å². The highest BCUT2D eigenvalue weighted by Crippen LogP contribution is 2.28. The van der Waals surface area contributed by atoms with E-state index in [1.165, 1.54) is 19.2 Å². The van der Waals surface area contributed by atoms with Crippen molar-refractivity contribution < 1.29 is 0 Å². The number of nitrogens with zero attached hydrogens (tertiary/aromatic N) is 5. The lowest BCUT2D eigenvalue weighted by Crippen LogP contribution is -2.41. The van der Waals surface area contributed by atoms with Crippen LogP contribution in [-0.4, -0.2) is 32.2 Å². The summed E-state index contributed by atoms with van der Waals surface area (Å²) in [5.41, 5.74) is 0. The van der Waals surface area contributed by atoms with E-state index >= 15 is 0 Å². The molecule has 0 N–H and O–H groups in total. The summed E-state index contributed by atoms with van der Waals surface area (Å²) >= 11 is 6.06. The van der Waals surface area contributed by atoms with Crippen LogP contribution in [0.4, 0.5) is 5.82 Å². The Kier molecular flexibility index (Phi) is 2.86. The van der Waals surface area contributed by atoms with Crippen LogP contribution in [-0.2, 0) is 0 Å². The van der Waals surface area contributed by atoms with Crippen LogP contribution >= 0.6 is 11.6 Å². The van der Waals surface area contributed by atoms with Crippen molar-refractivity contribution >= 4 is 23.2 Å². The molecule has 0 aromatic carbocycles. The maximum absolute atomic E-state index is 6.06. The number of fused-ring (bicyclic) bond motifs is 1. The first kappa shape index (κ1) is 11.7. The maximum atomic E-state index is 6.06. The lowest BCUT2D eigenvalue weighted by atomic mass is 9.93. The van der Waals surface area contributed by atoms with Crippen LogP contribution in [0, 0.1) is 5.92 Å². The number of hydrogen-bond acceptors (Lipinski definition) is 4. The Morgan fingerprint density at radius 3 is 3.00 bits per heavy atom. The Hall–Kier alpha value is -1.36. The molecule has 96 valence electrons. The molecule has 1 fully saturated rings. The first-order valence-corrected chi connectivity index (χ1v) is 6.66. The predicted octanol–water partition coefficient (Wildman–Crippen LogP) is 2.40. The number of aromatic nitrogens is 4. The smallest absolute Gasteiger partial charge is 0.255 e. The Morgan fingerprint density at radius 2 is 2.22 bits per heavy atom. The zero-order valence-electron chi connectivity index (χ0n) is 10.5. The molecule has 2 unspecified atom stereocenters. The summed E-state index contributed by atoms with van der Waals surface area (Å²) in [6.45, 7) is 5.57. The second-order valence-electron chi connectivity index (χ2n) is 5.08. The fourth-order valence-electron chi connectivity index (χ4n) is 2.72. The van der Waals surface area contributed by atoms with Crippen molar-refractivity contribution in [1.29, 1.82) is 0 Å². The van der Waals surface area contributed by atoms with Gasteiger partial charge in [-0.2, -0.15) is 19.6 Å². The van der Waals surface area contributed by atoms with Gasteiger partial charge in [0.2, 0.25) is 0 Å². The minimum Gasteiger partial charge on any atom is -0.354 e. The number of anilines is 1. The molecular weight excluding hydrogens is 250 g/mol. The molecule has 0 saturated carbocycles. The van der Waals surface area contributed by atoms with Crippen LogP contribution in [0.3, 0.4) is 0 Å². The van der Waals surface area contributed by atoms with Gasteiger partial charge in [0.1, 0.15) is 17.3 Å². The molecule has 6 heteroatoms. The van der Waals surface area contributed by atoms with Crippen molar-refractivity contribution in [2.45, 2.75) is 32.7 Å². The summed E-state index contributed by atoms with van der Waals surface area (Å²) in [5, 5.41) is 4.70. The molecule has 3 heterocycles. The highest BCUT2D eigenvalue weighted by atomic mass is 35.5. The molecule has 0 spiro atoms. The van der Waals surface area contributed by atoms with Crippen LogP contribution < -0.4 is 4.90 Å². The molecule has 0 radical (unpaired) electrons. The van der Waals surface area contributed by atoms with Gasteiger partial charge in [0.05, 0.1) is 0 Å². The fourth-order valence-corrected chi connectivity index (χ4v) is 2.89. The summed E-state index contributed by atoms with van der Waals surface area (Å²) in [5.74, 6) is 2.32. The highest BCUT2D eigenvalue weighted by molar-refractivity contribution is 6.29. The SMILES string of the molecule is CC1CCN(c2cc(Cl)nc3ncnn23)C(C)C1. The van der Waals surface area contributed by atoms with Crippen LogP contribution in [0.1, 0.15) is 26.7 Å². The third-order valence-corrected chi connectivity index (χ3v) is 3.83. The standard InChI is InChI=1S/C12H16ClN5/c1-8-3-4-17(9(2)5-8)11-6-10(13)16-12-14-7-15-18(11)12/h6-9H,3-5H2,1-2H3. The quantitative estimate of drug-likeness (QED) is 0.743. The van der Waals surface area contributed by atoms with Gasteiger partial charge in [0.25, 0.3) is 5.78 Å². The fraction of sp³-hybridized carbons (Fsp3) is 0.583. The lowest BCUT2D eigenvalue weighted by molar-refractivity contribution is 0.374. The van der Waals surface area contributed by atoms with E-state index in [0.29, 0.717) is 17.0 Å². The van der Waals surface area contributed by atoms with Gasteiger partial charge in [0.15, 0.2) is 0 Å². The van der Waals surface area contributed by atoms with Crippen molar-refractivity contribution in [1.82, 2.24) is 19.6 Å². The van der Waals surface area contributed by atoms with Crippen LogP contribution in [0.5, 0.6) is 0 Å². The number of hydrogen-bond donors (Lipinski definition) is 0. The third-order valence-electron chi connectivity index (χ3n) is 3.63. The van der Waals surface area contributed by atoms with Gasteiger partial charge in [-0.3, -0.25) is 0 Å². The zero-order valence-corrected chi connectivity index (χ0v) is 11.3. The predicted molar refractivity (Wildman–Crippen MR) is 71.0 cm³/mol. The molecular formula is C12H16ClN5. The van der Waals surface area contributed by atoms with Gasteiger partial charge < -0.3 is 4.90 Å². The molecule has 1 aliphatic rings. The van der Waals surface area contributed by atoms with Crippen LogP contribution in [0.2, 0.25) is 5.15 Å². The average Bonchev–Trinajstić information content (AvgIpc) is 2.76. The topological polar surface area (TPSA) is 46.3 Å². The molecule has 0 aliphatic carbocycles. The summed E-state index contributed by atoms with van der Waals surface area (Å²) in [6.07, 6.45) is 3.90. The van der Waals surface area contributed by atoms with E-state index in [2.05, 4.69) is 33.8 Å². The van der Waals surface area contributed by atoms with E-state index in [9.17, 15) is 0 Å². The maximum Gasteiger partial charge on any atom is 0.255 e. The summed E-state index contributed by atoms with van der Waals surface area (Å²) in [7, 11) is 0. The molecule has 2 aromatic rings. The molecule has 2 atom stereocenters. The molecule has 0 amide bonds. The summed E-state index contributed by atoms with van der Waals surface area (Å²) in [6, 6.07) is 2.36. The van der Waals surface area contributed by atoms with Crippen LogP contribution in [0.15, 0.2) is 12.4 Å². The van der Waals surface area contributed by atoms with E-state index in [4.69, 9.17) is 11.6 Å². The van der Waals surface area contributed by atoms with Crippen molar-refractivity contribution in [2.24, 2.45) is 5.92 Å².